The molecule has 42 valence electrons. The molecule has 1 heterocycles. The third-order valence-electron chi connectivity index (χ3n) is 1.35. The zero-order valence-electron chi connectivity index (χ0n) is 4.42. The summed E-state index contributed by atoms with van der Waals surface area (Å²) in [6.07, 6.45) is 0.515. The molecular weight excluding hydrogens is 92.1 g/mol. The quantitative estimate of drug-likeness (QED) is 0.478. The van der Waals surface area contributed by atoms with Crippen molar-refractivity contribution < 1.29 is 9.84 Å². The van der Waals surface area contributed by atoms with Crippen molar-refractivity contribution in [2.24, 2.45) is 5.92 Å². The fourth-order valence-electron chi connectivity index (χ4n) is 0.682. The van der Waals surface area contributed by atoms with Crippen molar-refractivity contribution in [2.45, 2.75) is 19.6 Å². The van der Waals surface area contributed by atoms with Crippen LogP contribution in [0.2, 0.25) is 0 Å². The molecule has 0 aliphatic carbocycles. The Balaban J connectivity index is 2.33. The minimum atomic E-state index is -0.486. The van der Waals surface area contributed by atoms with E-state index in [0.29, 0.717) is 5.92 Å². The topological polar surface area (TPSA) is 29.5 Å². The molecule has 1 saturated heterocycles. The molecule has 1 unspecified atom stereocenters. The first-order valence-electron chi connectivity index (χ1n) is 2.60. The summed E-state index contributed by atoms with van der Waals surface area (Å²) in [5.41, 5.74) is 0. The van der Waals surface area contributed by atoms with Crippen molar-refractivity contribution in [1.29, 1.82) is 0 Å². The Labute approximate surface area is 43.1 Å². The van der Waals surface area contributed by atoms with Gasteiger partial charge in [-0.3, -0.25) is 0 Å². The van der Waals surface area contributed by atoms with Gasteiger partial charge >= 0.3 is 0 Å². The molecule has 2 atom stereocenters. The lowest BCUT2D eigenvalue weighted by Gasteiger charge is -2.03. The second-order valence-corrected chi connectivity index (χ2v) is 2.03. The van der Waals surface area contributed by atoms with Gasteiger partial charge in [0, 0.05) is 5.92 Å². The molecule has 0 saturated carbocycles. The number of hydrogen-bond acceptors (Lipinski definition) is 2. The van der Waals surface area contributed by atoms with E-state index in [9.17, 15) is 0 Å². The first kappa shape index (κ1) is 5.06. The summed E-state index contributed by atoms with van der Waals surface area (Å²) in [5.74, 6) is 0.347. The monoisotopic (exact) mass is 102 g/mol. The van der Waals surface area contributed by atoms with Gasteiger partial charge in [0.25, 0.3) is 0 Å². The highest BCUT2D eigenvalue weighted by Gasteiger charge is 2.20. The summed E-state index contributed by atoms with van der Waals surface area (Å²) in [6.45, 7) is 2.71. The van der Waals surface area contributed by atoms with Crippen LogP contribution in [0.25, 0.3) is 0 Å². The van der Waals surface area contributed by atoms with Crippen molar-refractivity contribution in [2.75, 3.05) is 6.61 Å². The maximum atomic E-state index is 8.78. The average Bonchev–Trinajstić information content (AvgIpc) is 1.91. The zero-order chi connectivity index (χ0) is 5.28. The molecule has 1 N–H and O–H groups in total. The standard InChI is InChI=1S/C5H10O2/c1-4-2-3-7-5(4)6/h4-6H,2-3H2,1H3/t4?,5-/m1/s1. The second kappa shape index (κ2) is 1.80. The van der Waals surface area contributed by atoms with E-state index in [-0.39, 0.29) is 0 Å². The van der Waals surface area contributed by atoms with Crippen LogP contribution in [0.15, 0.2) is 0 Å². The van der Waals surface area contributed by atoms with Gasteiger partial charge in [0.15, 0.2) is 6.29 Å². The summed E-state index contributed by atoms with van der Waals surface area (Å²) >= 11 is 0. The van der Waals surface area contributed by atoms with Crippen LogP contribution in [0.1, 0.15) is 13.3 Å². The highest BCUT2D eigenvalue weighted by atomic mass is 16.6. The molecule has 1 aliphatic heterocycles. The van der Waals surface area contributed by atoms with Crippen molar-refractivity contribution >= 4 is 0 Å². The van der Waals surface area contributed by atoms with Gasteiger partial charge in [0.2, 0.25) is 0 Å². The highest BCUT2D eigenvalue weighted by molar-refractivity contribution is 4.61. The van der Waals surface area contributed by atoms with Gasteiger partial charge in [-0.1, -0.05) is 6.92 Å². The number of aliphatic hydroxyl groups excluding tert-OH is 1. The SMILES string of the molecule is CC1CCO[C@H]1O. The Kier molecular flexibility index (Phi) is 1.30. The summed E-state index contributed by atoms with van der Waals surface area (Å²) in [5, 5.41) is 8.78. The van der Waals surface area contributed by atoms with Gasteiger partial charge in [-0.05, 0) is 6.42 Å². The summed E-state index contributed by atoms with van der Waals surface area (Å²) in [4.78, 5) is 0. The maximum absolute atomic E-state index is 8.78. The minimum Gasteiger partial charge on any atom is -0.368 e. The Bertz CT molecular complexity index is 55.1. The molecule has 0 radical (unpaired) electrons. The van der Waals surface area contributed by atoms with Gasteiger partial charge in [-0.15, -0.1) is 0 Å². The van der Waals surface area contributed by atoms with E-state index in [1.165, 1.54) is 0 Å². The van der Waals surface area contributed by atoms with Crippen LogP contribution < -0.4 is 0 Å². The fraction of sp³-hybridized carbons (Fsp3) is 1.00. The lowest BCUT2D eigenvalue weighted by Crippen LogP contribution is -2.10. The van der Waals surface area contributed by atoms with Crippen molar-refractivity contribution in [3.05, 3.63) is 0 Å². The number of aliphatic hydroxyl groups is 1. The van der Waals surface area contributed by atoms with Crippen LogP contribution in [0.4, 0.5) is 0 Å². The Morgan fingerprint density at radius 1 is 1.71 bits per heavy atom. The molecule has 7 heavy (non-hydrogen) atoms. The smallest absolute Gasteiger partial charge is 0.157 e. The molecule has 0 bridgehead atoms. The fourth-order valence-corrected chi connectivity index (χ4v) is 0.682. The van der Waals surface area contributed by atoms with Gasteiger partial charge in [0.05, 0.1) is 6.61 Å². The molecule has 1 aliphatic rings. The van der Waals surface area contributed by atoms with Crippen molar-refractivity contribution in [3.8, 4) is 0 Å². The Hall–Kier alpha value is -0.0800. The summed E-state index contributed by atoms with van der Waals surface area (Å²) < 4.78 is 4.82. The molecule has 1 fully saturated rings. The molecule has 0 aromatic carbocycles. The Morgan fingerprint density at radius 2 is 2.43 bits per heavy atom. The van der Waals surface area contributed by atoms with E-state index in [4.69, 9.17) is 9.84 Å². The van der Waals surface area contributed by atoms with Crippen molar-refractivity contribution in [3.63, 3.8) is 0 Å². The highest BCUT2D eigenvalue weighted by Crippen LogP contribution is 2.16. The van der Waals surface area contributed by atoms with E-state index >= 15 is 0 Å². The molecule has 1 rings (SSSR count). The van der Waals surface area contributed by atoms with Gasteiger partial charge in [-0.2, -0.15) is 0 Å². The molecular formula is C5H10O2. The van der Waals surface area contributed by atoms with Crippen LogP contribution in [0, 0.1) is 5.92 Å². The molecule has 0 spiro atoms. The minimum absolute atomic E-state index is 0.347. The molecule has 2 nitrogen and oxygen atoms in total. The van der Waals surface area contributed by atoms with E-state index < -0.39 is 6.29 Å². The van der Waals surface area contributed by atoms with Crippen LogP contribution in [0.3, 0.4) is 0 Å². The van der Waals surface area contributed by atoms with E-state index in [2.05, 4.69) is 0 Å². The third kappa shape index (κ3) is 0.924. The van der Waals surface area contributed by atoms with Gasteiger partial charge in [-0.25, -0.2) is 0 Å². The number of hydrogen-bond donors (Lipinski definition) is 1. The first-order chi connectivity index (χ1) is 3.30. The van der Waals surface area contributed by atoms with Gasteiger partial charge in [0.1, 0.15) is 0 Å². The summed E-state index contributed by atoms with van der Waals surface area (Å²) in [7, 11) is 0. The molecule has 2 heteroatoms. The van der Waals surface area contributed by atoms with Crippen molar-refractivity contribution in [1.82, 2.24) is 0 Å². The second-order valence-electron chi connectivity index (χ2n) is 2.03. The van der Waals surface area contributed by atoms with E-state index in [0.717, 1.165) is 13.0 Å². The van der Waals surface area contributed by atoms with Crippen LogP contribution in [-0.2, 0) is 4.74 Å². The number of rotatable bonds is 0. The maximum Gasteiger partial charge on any atom is 0.157 e. The van der Waals surface area contributed by atoms with Crippen LogP contribution in [0.5, 0.6) is 0 Å². The van der Waals surface area contributed by atoms with Crippen LogP contribution >= 0.6 is 0 Å². The molecule has 0 aromatic heterocycles. The lowest BCUT2D eigenvalue weighted by molar-refractivity contribution is -0.0786. The molecule has 0 amide bonds. The van der Waals surface area contributed by atoms with Crippen LogP contribution in [-0.4, -0.2) is 18.0 Å². The van der Waals surface area contributed by atoms with E-state index in [1.807, 2.05) is 6.92 Å². The predicted octanol–water partition coefficient (Wildman–Crippen LogP) is 0.361. The van der Waals surface area contributed by atoms with Gasteiger partial charge < -0.3 is 9.84 Å². The van der Waals surface area contributed by atoms with E-state index in [1.54, 1.807) is 0 Å². The zero-order valence-corrected chi connectivity index (χ0v) is 4.42. The third-order valence-corrected chi connectivity index (χ3v) is 1.35. The average molecular weight is 102 g/mol. The summed E-state index contributed by atoms with van der Waals surface area (Å²) in [6, 6.07) is 0. The first-order valence-corrected chi connectivity index (χ1v) is 2.60. The number of ether oxygens (including phenoxy) is 1. The normalized spacial score (nSPS) is 42.0. The molecule has 0 aromatic rings. The Morgan fingerprint density at radius 3 is 2.57 bits per heavy atom. The largest absolute Gasteiger partial charge is 0.368 e. The predicted molar refractivity (Wildman–Crippen MR) is 25.7 cm³/mol. The lowest BCUT2D eigenvalue weighted by atomic mass is 10.1.